The highest BCUT2D eigenvalue weighted by molar-refractivity contribution is 14.1. The van der Waals surface area contributed by atoms with Crippen LogP contribution >= 0.6 is 38.5 Å². The van der Waals surface area contributed by atoms with Gasteiger partial charge < -0.3 is 0 Å². The molecule has 0 amide bonds. The van der Waals surface area contributed by atoms with Gasteiger partial charge in [-0.25, -0.2) is 9.18 Å². The van der Waals surface area contributed by atoms with E-state index >= 15 is 0 Å². The van der Waals surface area contributed by atoms with Crippen LogP contribution in [0.3, 0.4) is 0 Å². The van der Waals surface area contributed by atoms with Crippen molar-refractivity contribution in [2.75, 3.05) is 0 Å². The third kappa shape index (κ3) is 3.03. The number of hydrogen-bond acceptors (Lipinski definition) is 2. The van der Waals surface area contributed by atoms with Crippen molar-refractivity contribution in [3.63, 3.8) is 0 Å². The molecule has 1 aromatic carbocycles. The summed E-state index contributed by atoms with van der Waals surface area (Å²) >= 11 is 5.05. The second-order valence-electron chi connectivity index (χ2n) is 4.17. The van der Waals surface area contributed by atoms with E-state index in [-0.39, 0.29) is 6.54 Å². The lowest BCUT2D eigenvalue weighted by Crippen LogP contribution is -2.41. The van der Waals surface area contributed by atoms with Gasteiger partial charge in [-0.1, -0.05) is 22.0 Å². The first-order valence-electron chi connectivity index (χ1n) is 5.87. The third-order valence-electron chi connectivity index (χ3n) is 2.88. The summed E-state index contributed by atoms with van der Waals surface area (Å²) in [6, 6.07) is 4.55. The molecule has 0 N–H and O–H groups in total. The van der Waals surface area contributed by atoms with Crippen molar-refractivity contribution in [1.29, 1.82) is 0 Å². The normalized spacial score (nSPS) is 10.8. The standard InChI is InChI=1S/C13H11BrFIN2O2/c1-2-17-7-11(16)12(19)18(13(17)20)6-8-3-4-9(14)5-10(8)15/h3-5,7H,2,6H2,1H3. The Hall–Kier alpha value is -0.960. The topological polar surface area (TPSA) is 44.0 Å². The van der Waals surface area contributed by atoms with Gasteiger partial charge in [-0.2, -0.15) is 0 Å². The van der Waals surface area contributed by atoms with Crippen LogP contribution in [0.5, 0.6) is 0 Å². The molecule has 0 unspecified atom stereocenters. The fourth-order valence-electron chi connectivity index (χ4n) is 1.80. The predicted octanol–water partition coefficient (Wildman–Crippen LogP) is 2.58. The third-order valence-corrected chi connectivity index (χ3v) is 4.11. The van der Waals surface area contributed by atoms with Gasteiger partial charge in [-0.3, -0.25) is 13.9 Å². The van der Waals surface area contributed by atoms with Crippen molar-refractivity contribution in [3.8, 4) is 0 Å². The molecule has 1 aromatic heterocycles. The molecule has 106 valence electrons. The largest absolute Gasteiger partial charge is 0.331 e. The van der Waals surface area contributed by atoms with Crippen molar-refractivity contribution >= 4 is 38.5 Å². The highest BCUT2D eigenvalue weighted by Crippen LogP contribution is 2.15. The Kier molecular flexibility index (Phi) is 4.79. The molecule has 0 fully saturated rings. The Bertz CT molecular complexity index is 770. The van der Waals surface area contributed by atoms with Crippen molar-refractivity contribution in [2.24, 2.45) is 0 Å². The van der Waals surface area contributed by atoms with Crippen LogP contribution in [0, 0.1) is 9.39 Å². The molecule has 0 spiro atoms. The van der Waals surface area contributed by atoms with E-state index < -0.39 is 17.1 Å². The number of hydrogen-bond donors (Lipinski definition) is 0. The molecular weight excluding hydrogens is 442 g/mol. The summed E-state index contributed by atoms with van der Waals surface area (Å²) in [5, 5.41) is 0. The fraction of sp³-hybridized carbons (Fsp3) is 0.231. The molecule has 0 atom stereocenters. The molecule has 0 saturated carbocycles. The van der Waals surface area contributed by atoms with Crippen molar-refractivity contribution in [2.45, 2.75) is 20.0 Å². The van der Waals surface area contributed by atoms with E-state index in [1.54, 1.807) is 12.1 Å². The van der Waals surface area contributed by atoms with Gasteiger partial charge in [0.05, 0.1) is 10.1 Å². The lowest BCUT2D eigenvalue weighted by Gasteiger charge is -2.10. The second-order valence-corrected chi connectivity index (χ2v) is 6.25. The van der Waals surface area contributed by atoms with E-state index in [9.17, 15) is 14.0 Å². The highest BCUT2D eigenvalue weighted by atomic mass is 127. The Labute approximate surface area is 136 Å². The SMILES string of the molecule is CCn1cc(I)c(=O)n(Cc2ccc(Br)cc2F)c1=O. The minimum absolute atomic E-state index is 0.0758. The van der Waals surface area contributed by atoms with Crippen LogP contribution in [0.1, 0.15) is 12.5 Å². The number of benzene rings is 1. The van der Waals surface area contributed by atoms with Crippen LogP contribution in [0.2, 0.25) is 0 Å². The molecule has 0 radical (unpaired) electrons. The van der Waals surface area contributed by atoms with Crippen molar-refractivity contribution < 1.29 is 4.39 Å². The Balaban J connectivity index is 2.56. The van der Waals surface area contributed by atoms with E-state index in [1.807, 2.05) is 29.5 Å². The van der Waals surface area contributed by atoms with E-state index in [1.165, 1.54) is 16.8 Å². The fourth-order valence-corrected chi connectivity index (χ4v) is 2.76. The smallest absolute Gasteiger partial charge is 0.300 e. The van der Waals surface area contributed by atoms with Crippen LogP contribution in [0.15, 0.2) is 38.5 Å². The maximum Gasteiger partial charge on any atom is 0.331 e. The Morgan fingerprint density at radius 2 is 2.05 bits per heavy atom. The van der Waals surface area contributed by atoms with Gasteiger partial charge in [0.15, 0.2) is 0 Å². The molecule has 1 heterocycles. The Morgan fingerprint density at radius 1 is 1.35 bits per heavy atom. The zero-order valence-corrected chi connectivity index (χ0v) is 14.3. The van der Waals surface area contributed by atoms with E-state index in [2.05, 4.69) is 15.9 Å². The summed E-state index contributed by atoms with van der Waals surface area (Å²) in [4.78, 5) is 24.2. The van der Waals surface area contributed by atoms with E-state index in [4.69, 9.17) is 0 Å². The van der Waals surface area contributed by atoms with Crippen LogP contribution in [-0.4, -0.2) is 9.13 Å². The first-order valence-corrected chi connectivity index (χ1v) is 7.75. The molecule has 0 bridgehead atoms. The van der Waals surface area contributed by atoms with Gasteiger partial charge >= 0.3 is 5.69 Å². The number of rotatable bonds is 3. The second kappa shape index (κ2) is 6.21. The first-order chi connectivity index (χ1) is 9.43. The summed E-state index contributed by atoms with van der Waals surface area (Å²) in [5.74, 6) is -0.451. The van der Waals surface area contributed by atoms with E-state index in [0.717, 1.165) is 4.57 Å². The van der Waals surface area contributed by atoms with Gasteiger partial charge in [-0.05, 0) is 41.6 Å². The molecule has 2 rings (SSSR count). The first kappa shape index (κ1) is 15.4. The zero-order valence-electron chi connectivity index (χ0n) is 10.6. The van der Waals surface area contributed by atoms with Crippen molar-refractivity contribution in [3.05, 3.63) is 64.7 Å². The number of aromatic nitrogens is 2. The van der Waals surface area contributed by atoms with Crippen LogP contribution in [0.25, 0.3) is 0 Å². The maximum absolute atomic E-state index is 13.8. The summed E-state index contributed by atoms with van der Waals surface area (Å²) in [6.45, 7) is 2.19. The average Bonchev–Trinajstić information content (AvgIpc) is 2.41. The molecule has 7 heteroatoms. The predicted molar refractivity (Wildman–Crippen MR) is 86.6 cm³/mol. The summed E-state index contributed by atoms with van der Waals surface area (Å²) < 4.78 is 17.4. The lowest BCUT2D eigenvalue weighted by atomic mass is 10.2. The van der Waals surface area contributed by atoms with Gasteiger partial charge in [0.2, 0.25) is 0 Å². The van der Waals surface area contributed by atoms with Gasteiger partial charge in [0.25, 0.3) is 5.56 Å². The average molecular weight is 453 g/mol. The number of nitrogens with zero attached hydrogens (tertiary/aromatic N) is 2. The molecule has 0 saturated heterocycles. The molecular formula is C13H11BrFIN2O2. The van der Waals surface area contributed by atoms with Gasteiger partial charge in [0, 0.05) is 22.8 Å². The van der Waals surface area contributed by atoms with E-state index in [0.29, 0.717) is 20.2 Å². The summed E-state index contributed by atoms with van der Waals surface area (Å²) in [5.41, 5.74) is -0.528. The number of halogens is 3. The molecule has 0 aliphatic rings. The lowest BCUT2D eigenvalue weighted by molar-refractivity contribution is 0.562. The van der Waals surface area contributed by atoms with Gasteiger partial charge in [-0.15, -0.1) is 0 Å². The minimum atomic E-state index is -0.451. The van der Waals surface area contributed by atoms with Crippen LogP contribution in [0.4, 0.5) is 4.39 Å². The maximum atomic E-state index is 13.8. The molecule has 2 aromatic rings. The molecule has 4 nitrogen and oxygen atoms in total. The highest BCUT2D eigenvalue weighted by Gasteiger charge is 2.11. The zero-order chi connectivity index (χ0) is 14.9. The van der Waals surface area contributed by atoms with Crippen molar-refractivity contribution in [1.82, 2.24) is 9.13 Å². The molecule has 0 aliphatic carbocycles. The molecule has 20 heavy (non-hydrogen) atoms. The quantitative estimate of drug-likeness (QED) is 0.672. The molecule has 0 aliphatic heterocycles. The van der Waals surface area contributed by atoms with Crippen LogP contribution in [-0.2, 0) is 13.1 Å². The Morgan fingerprint density at radius 3 is 2.65 bits per heavy atom. The number of aryl methyl sites for hydroxylation is 1. The monoisotopic (exact) mass is 452 g/mol. The summed E-state index contributed by atoms with van der Waals surface area (Å²) in [6.07, 6.45) is 1.51. The van der Waals surface area contributed by atoms with Gasteiger partial charge in [0.1, 0.15) is 5.82 Å². The summed E-state index contributed by atoms with van der Waals surface area (Å²) in [7, 11) is 0. The minimum Gasteiger partial charge on any atom is -0.300 e. The van der Waals surface area contributed by atoms with Crippen LogP contribution < -0.4 is 11.2 Å².